The lowest BCUT2D eigenvalue weighted by molar-refractivity contribution is -0.147. The Bertz CT molecular complexity index is 846. The standard InChI is InChI=1S/C18H21NO6S/c1-13-4-8-15(9-5-13)25-16-10-6-14(7-11-16)19(26(3,22)23)12-17(24-2)18(20)21/h4-11,17H,12H2,1-3H3,(H,20,21)/t17-/m0/s1. The van der Waals surface area contributed by atoms with E-state index in [0.717, 1.165) is 16.1 Å². The van der Waals surface area contributed by atoms with Crippen LogP contribution in [0.3, 0.4) is 0 Å². The first-order chi connectivity index (χ1) is 12.2. The summed E-state index contributed by atoms with van der Waals surface area (Å²) in [6.07, 6.45) is -0.258. The van der Waals surface area contributed by atoms with Gasteiger partial charge in [-0.25, -0.2) is 13.2 Å². The Morgan fingerprint density at radius 3 is 2.00 bits per heavy atom. The Hall–Kier alpha value is -2.58. The maximum absolute atomic E-state index is 12.1. The van der Waals surface area contributed by atoms with Gasteiger partial charge >= 0.3 is 5.97 Å². The summed E-state index contributed by atoms with van der Waals surface area (Å²) >= 11 is 0. The summed E-state index contributed by atoms with van der Waals surface area (Å²) in [6, 6.07) is 13.9. The average Bonchev–Trinajstić information content (AvgIpc) is 2.57. The van der Waals surface area contributed by atoms with Crippen LogP contribution >= 0.6 is 0 Å². The van der Waals surface area contributed by atoms with Gasteiger partial charge in [0, 0.05) is 7.11 Å². The van der Waals surface area contributed by atoms with Crippen molar-refractivity contribution in [3.63, 3.8) is 0 Å². The molecule has 0 heterocycles. The molecule has 2 aromatic rings. The summed E-state index contributed by atoms with van der Waals surface area (Å²) in [5.74, 6) is -0.0401. The zero-order chi connectivity index (χ0) is 19.3. The molecule has 8 heteroatoms. The molecule has 0 saturated carbocycles. The Balaban J connectivity index is 2.21. The molecule has 0 fully saturated rings. The molecular weight excluding hydrogens is 358 g/mol. The second kappa shape index (κ2) is 8.20. The number of benzene rings is 2. The van der Waals surface area contributed by atoms with E-state index in [4.69, 9.17) is 14.6 Å². The van der Waals surface area contributed by atoms with Gasteiger partial charge in [0.25, 0.3) is 0 Å². The molecule has 0 unspecified atom stereocenters. The molecule has 140 valence electrons. The van der Waals surface area contributed by atoms with Crippen LogP contribution in [-0.2, 0) is 19.6 Å². The number of hydrogen-bond donors (Lipinski definition) is 1. The number of carboxylic acids is 1. The third kappa shape index (κ3) is 5.21. The van der Waals surface area contributed by atoms with Crippen molar-refractivity contribution in [2.24, 2.45) is 0 Å². The topological polar surface area (TPSA) is 93.1 Å². The normalized spacial score (nSPS) is 12.4. The molecule has 0 saturated heterocycles. The van der Waals surface area contributed by atoms with Gasteiger partial charge in [-0.3, -0.25) is 4.31 Å². The van der Waals surface area contributed by atoms with Crippen molar-refractivity contribution < 1.29 is 27.8 Å². The first kappa shape index (κ1) is 19.7. The Labute approximate surface area is 152 Å². The molecule has 2 rings (SSSR count). The predicted molar refractivity (Wildman–Crippen MR) is 98.3 cm³/mol. The van der Waals surface area contributed by atoms with Gasteiger partial charge in [-0.1, -0.05) is 17.7 Å². The molecule has 0 radical (unpaired) electrons. The number of nitrogens with zero attached hydrogens (tertiary/aromatic N) is 1. The van der Waals surface area contributed by atoms with Gasteiger partial charge in [0.1, 0.15) is 11.5 Å². The second-order valence-corrected chi connectivity index (χ2v) is 7.67. The number of carbonyl (C=O) groups is 1. The first-order valence-corrected chi connectivity index (χ1v) is 9.63. The van der Waals surface area contributed by atoms with Crippen LogP contribution in [0.25, 0.3) is 0 Å². The van der Waals surface area contributed by atoms with E-state index in [2.05, 4.69) is 0 Å². The highest BCUT2D eigenvalue weighted by Crippen LogP contribution is 2.26. The highest BCUT2D eigenvalue weighted by Gasteiger charge is 2.26. The number of aliphatic carboxylic acids is 1. The minimum Gasteiger partial charge on any atom is -0.479 e. The molecule has 1 atom stereocenters. The van der Waals surface area contributed by atoms with Gasteiger partial charge in [0.2, 0.25) is 10.0 Å². The number of anilines is 1. The first-order valence-electron chi connectivity index (χ1n) is 7.78. The van der Waals surface area contributed by atoms with E-state index in [-0.39, 0.29) is 6.54 Å². The summed E-state index contributed by atoms with van der Waals surface area (Å²) in [6.45, 7) is 1.64. The van der Waals surface area contributed by atoms with Crippen molar-refractivity contribution in [1.29, 1.82) is 0 Å². The number of hydrogen-bond acceptors (Lipinski definition) is 5. The van der Waals surface area contributed by atoms with Crippen LogP contribution in [0, 0.1) is 6.92 Å². The van der Waals surface area contributed by atoms with E-state index >= 15 is 0 Å². The third-order valence-electron chi connectivity index (χ3n) is 3.67. The molecular formula is C18H21NO6S. The highest BCUT2D eigenvalue weighted by molar-refractivity contribution is 7.92. The van der Waals surface area contributed by atoms with E-state index in [1.54, 1.807) is 24.3 Å². The van der Waals surface area contributed by atoms with Gasteiger partial charge in [-0.05, 0) is 43.3 Å². The molecule has 0 aliphatic rings. The number of ether oxygens (including phenoxy) is 2. The SMILES string of the molecule is CO[C@@H](CN(c1ccc(Oc2ccc(C)cc2)cc1)S(C)(=O)=O)C(=O)O. The van der Waals surface area contributed by atoms with Gasteiger partial charge in [0.05, 0.1) is 18.5 Å². The number of methoxy groups -OCH3 is 1. The molecule has 0 amide bonds. The summed E-state index contributed by atoms with van der Waals surface area (Å²) in [4.78, 5) is 11.1. The molecule has 2 aromatic carbocycles. The smallest absolute Gasteiger partial charge is 0.334 e. The minimum atomic E-state index is -3.68. The fourth-order valence-corrected chi connectivity index (χ4v) is 3.17. The molecule has 1 N–H and O–H groups in total. The molecule has 0 aliphatic carbocycles. The van der Waals surface area contributed by atoms with Crippen LogP contribution in [0.5, 0.6) is 11.5 Å². The number of sulfonamides is 1. The quantitative estimate of drug-likeness (QED) is 0.758. The van der Waals surface area contributed by atoms with Crippen LogP contribution < -0.4 is 9.04 Å². The molecule has 7 nitrogen and oxygen atoms in total. The van der Waals surface area contributed by atoms with Crippen LogP contribution in [-0.4, -0.2) is 45.5 Å². The fraction of sp³-hybridized carbons (Fsp3) is 0.278. The van der Waals surface area contributed by atoms with Crippen molar-refractivity contribution >= 4 is 21.7 Å². The molecule has 0 aliphatic heterocycles. The summed E-state index contributed by atoms with van der Waals surface area (Å²) < 4.78 is 35.7. The van der Waals surface area contributed by atoms with Crippen LogP contribution in [0.4, 0.5) is 5.69 Å². The van der Waals surface area contributed by atoms with E-state index in [1.165, 1.54) is 7.11 Å². The van der Waals surface area contributed by atoms with Gasteiger partial charge in [-0.2, -0.15) is 0 Å². The van der Waals surface area contributed by atoms with Crippen molar-refractivity contribution in [3.05, 3.63) is 54.1 Å². The lowest BCUT2D eigenvalue weighted by Crippen LogP contribution is -2.41. The van der Waals surface area contributed by atoms with Crippen molar-refractivity contribution in [2.45, 2.75) is 13.0 Å². The zero-order valence-corrected chi connectivity index (χ0v) is 15.6. The Morgan fingerprint density at radius 2 is 1.58 bits per heavy atom. The summed E-state index contributed by atoms with van der Waals surface area (Å²) in [7, 11) is -2.46. The van der Waals surface area contributed by atoms with Gasteiger partial charge < -0.3 is 14.6 Å². The van der Waals surface area contributed by atoms with Crippen LogP contribution in [0.15, 0.2) is 48.5 Å². The van der Waals surface area contributed by atoms with Crippen molar-refractivity contribution in [3.8, 4) is 11.5 Å². The molecule has 0 aromatic heterocycles. The zero-order valence-electron chi connectivity index (χ0n) is 14.7. The van der Waals surface area contributed by atoms with E-state index in [0.29, 0.717) is 17.2 Å². The summed E-state index contributed by atoms with van der Waals surface area (Å²) in [5, 5.41) is 9.10. The lowest BCUT2D eigenvalue weighted by Gasteiger charge is -2.25. The van der Waals surface area contributed by atoms with Crippen LogP contribution in [0.1, 0.15) is 5.56 Å². The lowest BCUT2D eigenvalue weighted by atomic mass is 10.2. The Morgan fingerprint density at radius 1 is 1.08 bits per heavy atom. The van der Waals surface area contributed by atoms with Crippen LogP contribution in [0.2, 0.25) is 0 Å². The molecule has 26 heavy (non-hydrogen) atoms. The number of aryl methyl sites for hydroxylation is 1. The summed E-state index contributed by atoms with van der Waals surface area (Å²) in [5.41, 5.74) is 1.44. The average molecular weight is 379 g/mol. The maximum atomic E-state index is 12.1. The Kier molecular flexibility index (Phi) is 6.23. The van der Waals surface area contributed by atoms with Crippen molar-refractivity contribution in [1.82, 2.24) is 0 Å². The van der Waals surface area contributed by atoms with E-state index < -0.39 is 22.1 Å². The second-order valence-electron chi connectivity index (χ2n) is 5.77. The maximum Gasteiger partial charge on any atom is 0.334 e. The number of carboxylic acid groups (broad SMARTS) is 1. The molecule has 0 spiro atoms. The van der Waals surface area contributed by atoms with E-state index in [9.17, 15) is 13.2 Å². The molecule has 0 bridgehead atoms. The monoisotopic (exact) mass is 379 g/mol. The van der Waals surface area contributed by atoms with Gasteiger partial charge in [0.15, 0.2) is 6.10 Å². The number of rotatable bonds is 8. The van der Waals surface area contributed by atoms with Gasteiger partial charge in [-0.15, -0.1) is 0 Å². The largest absolute Gasteiger partial charge is 0.479 e. The van der Waals surface area contributed by atoms with Crippen molar-refractivity contribution in [2.75, 3.05) is 24.2 Å². The minimum absolute atomic E-state index is 0.326. The fourth-order valence-electron chi connectivity index (χ4n) is 2.26. The third-order valence-corrected chi connectivity index (χ3v) is 4.83. The highest BCUT2D eigenvalue weighted by atomic mass is 32.2. The predicted octanol–water partition coefficient (Wildman–Crippen LogP) is 2.65. The van der Waals surface area contributed by atoms with E-state index in [1.807, 2.05) is 31.2 Å².